The highest BCUT2D eigenvalue weighted by molar-refractivity contribution is 5.85. The number of imidazole rings is 1. The van der Waals surface area contributed by atoms with Crippen LogP contribution in [0.2, 0.25) is 0 Å². The van der Waals surface area contributed by atoms with Gasteiger partial charge in [-0.15, -0.1) is 0 Å². The van der Waals surface area contributed by atoms with Crippen molar-refractivity contribution in [3.8, 4) is 0 Å². The summed E-state index contributed by atoms with van der Waals surface area (Å²) in [7, 11) is 0. The molecule has 0 saturated carbocycles. The first kappa shape index (κ1) is 8.73. The summed E-state index contributed by atoms with van der Waals surface area (Å²) in [6.45, 7) is 2.06. The highest BCUT2D eigenvalue weighted by Crippen LogP contribution is 2.05. The molecule has 1 rings (SSSR count). The van der Waals surface area contributed by atoms with Gasteiger partial charge in [-0.3, -0.25) is 0 Å². The molecule has 66 valence electrons. The summed E-state index contributed by atoms with van der Waals surface area (Å²) in [5.41, 5.74) is 0.113. The molecule has 0 aliphatic heterocycles. The van der Waals surface area contributed by atoms with Crippen molar-refractivity contribution >= 4 is 5.97 Å². The highest BCUT2D eigenvalue weighted by Gasteiger charge is 2.12. The van der Waals surface area contributed by atoms with Crippen LogP contribution in [0.3, 0.4) is 0 Å². The molecule has 5 nitrogen and oxygen atoms in total. The van der Waals surface area contributed by atoms with E-state index in [0.717, 1.165) is 0 Å². The Morgan fingerprint density at radius 3 is 2.83 bits per heavy atom. The first-order chi connectivity index (χ1) is 5.70. The van der Waals surface area contributed by atoms with Crippen molar-refractivity contribution in [3.63, 3.8) is 0 Å². The normalized spacial score (nSPS) is 10.2. The maximum absolute atomic E-state index is 10.6. The highest BCUT2D eigenvalue weighted by atomic mass is 16.4. The van der Waals surface area contributed by atoms with Gasteiger partial charge in [0.1, 0.15) is 18.1 Å². The number of carboxylic acids is 1. The summed E-state index contributed by atoms with van der Waals surface area (Å²) >= 11 is 0. The van der Waals surface area contributed by atoms with E-state index in [-0.39, 0.29) is 12.3 Å². The van der Waals surface area contributed by atoms with Gasteiger partial charge in [-0.05, 0) is 6.92 Å². The number of hydrogen-bond donors (Lipinski definition) is 2. The molecule has 0 saturated heterocycles. The molecule has 12 heavy (non-hydrogen) atoms. The lowest BCUT2D eigenvalue weighted by molar-refractivity contribution is 0.0684. The van der Waals surface area contributed by atoms with Crippen molar-refractivity contribution in [2.24, 2.45) is 0 Å². The molecule has 0 radical (unpaired) electrons. The monoisotopic (exact) mass is 170 g/mol. The quantitative estimate of drug-likeness (QED) is 0.674. The van der Waals surface area contributed by atoms with Crippen molar-refractivity contribution in [3.05, 3.63) is 17.7 Å². The van der Waals surface area contributed by atoms with Gasteiger partial charge in [0, 0.05) is 6.54 Å². The van der Waals surface area contributed by atoms with Crippen LogP contribution < -0.4 is 0 Å². The molecule has 0 spiro atoms. The van der Waals surface area contributed by atoms with Crippen molar-refractivity contribution < 1.29 is 15.0 Å². The molecule has 0 bridgehead atoms. The summed E-state index contributed by atoms with van der Waals surface area (Å²) in [4.78, 5) is 14.3. The molecule has 1 heterocycles. The van der Waals surface area contributed by atoms with Crippen molar-refractivity contribution in [2.45, 2.75) is 20.1 Å². The molecule has 0 aliphatic carbocycles. The number of aromatic carboxylic acids is 1. The van der Waals surface area contributed by atoms with E-state index in [4.69, 9.17) is 10.2 Å². The van der Waals surface area contributed by atoms with E-state index < -0.39 is 5.97 Å². The number of aliphatic hydroxyl groups is 1. The van der Waals surface area contributed by atoms with Gasteiger partial charge in [0.2, 0.25) is 0 Å². The van der Waals surface area contributed by atoms with Gasteiger partial charge < -0.3 is 14.8 Å². The molecule has 1 aromatic heterocycles. The minimum atomic E-state index is -1.02. The van der Waals surface area contributed by atoms with E-state index in [1.54, 1.807) is 6.92 Å². The number of carbonyl (C=O) groups is 1. The van der Waals surface area contributed by atoms with E-state index in [2.05, 4.69) is 4.98 Å². The third kappa shape index (κ3) is 1.31. The number of aromatic nitrogens is 2. The fourth-order valence-electron chi connectivity index (χ4n) is 1.06. The van der Waals surface area contributed by atoms with Gasteiger partial charge in [0.25, 0.3) is 0 Å². The van der Waals surface area contributed by atoms with Gasteiger partial charge in [0.15, 0.2) is 0 Å². The van der Waals surface area contributed by atoms with Gasteiger partial charge in [-0.25, -0.2) is 9.78 Å². The van der Waals surface area contributed by atoms with Crippen molar-refractivity contribution in [1.82, 2.24) is 9.55 Å². The van der Waals surface area contributed by atoms with Crippen LogP contribution in [0.4, 0.5) is 0 Å². The van der Waals surface area contributed by atoms with Crippen molar-refractivity contribution in [1.29, 1.82) is 0 Å². The zero-order valence-electron chi connectivity index (χ0n) is 6.69. The molecule has 5 heteroatoms. The zero-order chi connectivity index (χ0) is 9.14. The summed E-state index contributed by atoms with van der Waals surface area (Å²) in [5.74, 6) is -0.640. The maximum atomic E-state index is 10.6. The van der Waals surface area contributed by atoms with E-state index in [0.29, 0.717) is 12.4 Å². The molecule has 1 aromatic rings. The van der Waals surface area contributed by atoms with Crippen LogP contribution >= 0.6 is 0 Å². The largest absolute Gasteiger partial charge is 0.477 e. The lowest BCUT2D eigenvalue weighted by atomic mass is 10.4. The third-order valence-electron chi connectivity index (χ3n) is 1.61. The molecule has 0 aromatic carbocycles. The average Bonchev–Trinajstić information content (AvgIpc) is 2.46. The minimum Gasteiger partial charge on any atom is -0.477 e. The summed E-state index contributed by atoms with van der Waals surface area (Å²) in [6, 6.07) is 0. The number of rotatable bonds is 3. The topological polar surface area (TPSA) is 75.4 Å². The van der Waals surface area contributed by atoms with Crippen LogP contribution in [-0.2, 0) is 13.2 Å². The Morgan fingerprint density at radius 1 is 1.75 bits per heavy atom. The van der Waals surface area contributed by atoms with E-state index >= 15 is 0 Å². The zero-order valence-corrected chi connectivity index (χ0v) is 6.69. The molecule has 2 N–H and O–H groups in total. The molecular formula is C7H10N2O3. The van der Waals surface area contributed by atoms with E-state index in [1.165, 1.54) is 10.8 Å². The average molecular weight is 170 g/mol. The smallest absolute Gasteiger partial charge is 0.354 e. The number of nitrogens with zero attached hydrogens (tertiary/aromatic N) is 2. The molecule has 0 aliphatic rings. The minimum absolute atomic E-state index is 0.113. The van der Waals surface area contributed by atoms with Crippen LogP contribution in [-0.4, -0.2) is 25.7 Å². The number of carboxylic acid groups (broad SMARTS) is 1. The predicted octanol–water partition coefficient (Wildman–Crippen LogP) is 0.0935. The van der Waals surface area contributed by atoms with Crippen LogP contribution in [0.15, 0.2) is 6.20 Å². The lowest BCUT2D eigenvalue weighted by Gasteiger charge is -2.03. The second kappa shape index (κ2) is 3.36. The third-order valence-corrected chi connectivity index (χ3v) is 1.61. The first-order valence-corrected chi connectivity index (χ1v) is 3.59. The van der Waals surface area contributed by atoms with Crippen LogP contribution in [0.25, 0.3) is 0 Å². The SMILES string of the molecule is CCn1c(C(=O)O)cnc1CO. The van der Waals surface area contributed by atoms with E-state index in [9.17, 15) is 4.79 Å². The Hall–Kier alpha value is -1.36. The molecule has 0 unspecified atom stereocenters. The van der Waals surface area contributed by atoms with E-state index in [1.807, 2.05) is 0 Å². The Kier molecular flexibility index (Phi) is 2.44. The predicted molar refractivity (Wildman–Crippen MR) is 40.8 cm³/mol. The molecule has 0 fully saturated rings. The standard InChI is InChI=1S/C7H10N2O3/c1-2-9-5(7(11)12)3-8-6(9)4-10/h3,10H,2,4H2,1H3,(H,11,12). The second-order valence-corrected chi connectivity index (χ2v) is 2.27. The Morgan fingerprint density at radius 2 is 2.42 bits per heavy atom. The molecule has 0 atom stereocenters. The molecule has 0 amide bonds. The number of aliphatic hydroxyl groups excluding tert-OH is 1. The van der Waals surface area contributed by atoms with Crippen LogP contribution in [0, 0.1) is 0 Å². The summed E-state index contributed by atoms with van der Waals surface area (Å²) < 4.78 is 1.46. The first-order valence-electron chi connectivity index (χ1n) is 3.59. The van der Waals surface area contributed by atoms with Crippen molar-refractivity contribution in [2.75, 3.05) is 0 Å². The van der Waals surface area contributed by atoms with Crippen LogP contribution in [0.1, 0.15) is 23.2 Å². The fourth-order valence-corrected chi connectivity index (χ4v) is 1.06. The van der Waals surface area contributed by atoms with Crippen LogP contribution in [0.5, 0.6) is 0 Å². The maximum Gasteiger partial charge on any atom is 0.354 e. The fraction of sp³-hybridized carbons (Fsp3) is 0.429. The van der Waals surface area contributed by atoms with Gasteiger partial charge in [0.05, 0.1) is 6.20 Å². The number of hydrogen-bond acceptors (Lipinski definition) is 3. The van der Waals surface area contributed by atoms with Gasteiger partial charge in [-0.1, -0.05) is 0 Å². The molecular weight excluding hydrogens is 160 g/mol. The summed E-state index contributed by atoms with van der Waals surface area (Å²) in [5, 5.41) is 17.4. The Balaban J connectivity index is 3.13. The van der Waals surface area contributed by atoms with Gasteiger partial charge in [-0.2, -0.15) is 0 Å². The lowest BCUT2D eigenvalue weighted by Crippen LogP contribution is -2.09. The second-order valence-electron chi connectivity index (χ2n) is 2.27. The Labute approximate surface area is 69.3 Å². The summed E-state index contributed by atoms with van der Waals surface area (Å²) in [6.07, 6.45) is 1.25. The van der Waals surface area contributed by atoms with Gasteiger partial charge >= 0.3 is 5.97 Å². The Bertz CT molecular complexity index is 293.